The highest BCUT2D eigenvalue weighted by Crippen LogP contribution is 2.45. The fourth-order valence-corrected chi connectivity index (χ4v) is 3.59. The first-order valence-electron chi connectivity index (χ1n) is 8.13. The standard InChI is InChI=1S/C17H21N3O3/c1-9(18)7-13-11-3-5-22-17(11)14(12-4-6-21-16(12)13)8-15-19-10(2)20-23-15/h9H,3-8,18H2,1-2H3/t9-/m1/s1. The van der Waals surface area contributed by atoms with Crippen LogP contribution >= 0.6 is 0 Å². The van der Waals surface area contributed by atoms with Gasteiger partial charge in [-0.1, -0.05) is 5.16 Å². The second kappa shape index (κ2) is 5.53. The minimum absolute atomic E-state index is 0.0949. The number of ether oxygens (including phenoxy) is 2. The van der Waals surface area contributed by atoms with Crippen LogP contribution in [-0.2, 0) is 25.7 Å². The van der Waals surface area contributed by atoms with Crippen LogP contribution in [0.4, 0.5) is 0 Å². The summed E-state index contributed by atoms with van der Waals surface area (Å²) in [5.74, 6) is 3.27. The Morgan fingerprint density at radius 1 is 1.09 bits per heavy atom. The van der Waals surface area contributed by atoms with Crippen LogP contribution in [-0.4, -0.2) is 29.4 Å². The van der Waals surface area contributed by atoms with Crippen LogP contribution in [0, 0.1) is 6.92 Å². The van der Waals surface area contributed by atoms with E-state index in [9.17, 15) is 0 Å². The molecule has 6 heteroatoms. The maximum Gasteiger partial charge on any atom is 0.231 e. The molecule has 2 N–H and O–H groups in total. The van der Waals surface area contributed by atoms with Crippen molar-refractivity contribution in [3.8, 4) is 11.5 Å². The molecular formula is C17H21N3O3. The summed E-state index contributed by atoms with van der Waals surface area (Å²) < 4.78 is 17.2. The molecule has 122 valence electrons. The van der Waals surface area contributed by atoms with Gasteiger partial charge < -0.3 is 19.7 Å². The van der Waals surface area contributed by atoms with Gasteiger partial charge in [-0.2, -0.15) is 4.98 Å². The summed E-state index contributed by atoms with van der Waals surface area (Å²) in [4.78, 5) is 4.33. The van der Waals surface area contributed by atoms with Gasteiger partial charge in [-0.15, -0.1) is 0 Å². The minimum atomic E-state index is 0.0949. The molecule has 0 amide bonds. The van der Waals surface area contributed by atoms with Crippen molar-refractivity contribution in [3.63, 3.8) is 0 Å². The summed E-state index contributed by atoms with van der Waals surface area (Å²) in [6.07, 6.45) is 3.20. The molecule has 3 heterocycles. The van der Waals surface area contributed by atoms with Gasteiger partial charge in [-0.25, -0.2) is 0 Å². The van der Waals surface area contributed by atoms with E-state index < -0.39 is 0 Å². The maximum absolute atomic E-state index is 6.05. The quantitative estimate of drug-likeness (QED) is 0.925. The molecule has 2 aliphatic rings. The Balaban J connectivity index is 1.83. The van der Waals surface area contributed by atoms with E-state index in [4.69, 9.17) is 19.7 Å². The van der Waals surface area contributed by atoms with Gasteiger partial charge in [0, 0.05) is 41.1 Å². The van der Waals surface area contributed by atoms with Crippen molar-refractivity contribution in [1.82, 2.24) is 10.1 Å². The van der Waals surface area contributed by atoms with E-state index >= 15 is 0 Å². The Kier molecular flexibility index (Phi) is 3.49. The number of benzene rings is 1. The molecule has 4 rings (SSSR count). The number of hydrogen-bond acceptors (Lipinski definition) is 6. The highest BCUT2D eigenvalue weighted by molar-refractivity contribution is 5.62. The molecule has 0 spiro atoms. The molecule has 1 aromatic carbocycles. The number of aromatic nitrogens is 2. The molecule has 2 aromatic rings. The summed E-state index contributed by atoms with van der Waals surface area (Å²) in [5, 5.41) is 3.88. The average molecular weight is 315 g/mol. The van der Waals surface area contributed by atoms with E-state index in [0.29, 0.717) is 31.3 Å². The van der Waals surface area contributed by atoms with E-state index in [1.807, 2.05) is 13.8 Å². The number of nitrogens with two attached hydrogens (primary N) is 1. The normalized spacial score (nSPS) is 16.7. The first-order valence-corrected chi connectivity index (χ1v) is 8.13. The third-order valence-electron chi connectivity index (χ3n) is 4.45. The summed E-state index contributed by atoms with van der Waals surface area (Å²) in [5.41, 5.74) is 10.9. The van der Waals surface area contributed by atoms with Gasteiger partial charge in [0.1, 0.15) is 11.5 Å². The Morgan fingerprint density at radius 2 is 1.74 bits per heavy atom. The summed E-state index contributed by atoms with van der Waals surface area (Å²) >= 11 is 0. The van der Waals surface area contributed by atoms with Gasteiger partial charge in [0.2, 0.25) is 5.89 Å². The second-order valence-electron chi connectivity index (χ2n) is 6.36. The third kappa shape index (κ3) is 2.47. The zero-order valence-corrected chi connectivity index (χ0v) is 13.5. The van der Waals surface area contributed by atoms with E-state index in [0.717, 1.165) is 36.3 Å². The lowest BCUT2D eigenvalue weighted by Crippen LogP contribution is -2.19. The Morgan fingerprint density at radius 3 is 2.35 bits per heavy atom. The first kappa shape index (κ1) is 14.5. The van der Waals surface area contributed by atoms with Crippen LogP contribution in [0.25, 0.3) is 0 Å². The van der Waals surface area contributed by atoms with Gasteiger partial charge >= 0.3 is 0 Å². The van der Waals surface area contributed by atoms with Crippen molar-refractivity contribution in [2.75, 3.05) is 13.2 Å². The third-order valence-corrected chi connectivity index (χ3v) is 4.45. The predicted octanol–water partition coefficient (Wildman–Crippen LogP) is 1.73. The maximum atomic E-state index is 6.05. The molecular weight excluding hydrogens is 294 g/mol. The van der Waals surface area contributed by atoms with Gasteiger partial charge in [0.25, 0.3) is 0 Å². The topological polar surface area (TPSA) is 83.4 Å². The first-order chi connectivity index (χ1) is 11.1. The summed E-state index contributed by atoms with van der Waals surface area (Å²) in [6.45, 7) is 5.27. The monoisotopic (exact) mass is 315 g/mol. The van der Waals surface area contributed by atoms with Crippen LogP contribution in [0.3, 0.4) is 0 Å². The number of nitrogens with zero attached hydrogens (tertiary/aromatic N) is 2. The van der Waals surface area contributed by atoms with Gasteiger partial charge in [0.15, 0.2) is 5.82 Å². The van der Waals surface area contributed by atoms with Crippen LogP contribution in [0.5, 0.6) is 11.5 Å². The molecule has 0 fully saturated rings. The molecule has 1 atom stereocenters. The molecule has 0 bridgehead atoms. The number of hydrogen-bond donors (Lipinski definition) is 1. The minimum Gasteiger partial charge on any atom is -0.493 e. The van der Waals surface area contributed by atoms with E-state index in [1.165, 1.54) is 16.7 Å². The number of fused-ring (bicyclic) bond motifs is 2. The zero-order chi connectivity index (χ0) is 16.0. The largest absolute Gasteiger partial charge is 0.493 e. The van der Waals surface area contributed by atoms with Crippen molar-refractivity contribution in [2.24, 2.45) is 5.73 Å². The summed E-state index contributed by atoms with van der Waals surface area (Å²) in [6, 6.07) is 0.0949. The van der Waals surface area contributed by atoms with Gasteiger partial charge in [-0.05, 0) is 20.3 Å². The SMILES string of the molecule is Cc1noc(Cc2c3c(c(C[C@@H](C)N)c4c2OCC4)OCC3)n1. The molecule has 1 aromatic heterocycles. The smallest absolute Gasteiger partial charge is 0.231 e. The fraction of sp³-hybridized carbons (Fsp3) is 0.529. The van der Waals surface area contributed by atoms with Crippen LogP contribution in [0.1, 0.15) is 40.9 Å². The Bertz CT molecular complexity index is 717. The molecule has 0 saturated heterocycles. The zero-order valence-electron chi connectivity index (χ0n) is 13.5. The average Bonchev–Trinajstić information content (AvgIpc) is 3.22. The highest BCUT2D eigenvalue weighted by atomic mass is 16.5. The van der Waals surface area contributed by atoms with E-state index in [1.54, 1.807) is 0 Å². The van der Waals surface area contributed by atoms with Crippen LogP contribution in [0.2, 0.25) is 0 Å². The lowest BCUT2D eigenvalue weighted by atomic mass is 9.90. The Hall–Kier alpha value is -2.08. The summed E-state index contributed by atoms with van der Waals surface area (Å²) in [7, 11) is 0. The van der Waals surface area contributed by atoms with Crippen LogP contribution in [0.15, 0.2) is 4.52 Å². The second-order valence-corrected chi connectivity index (χ2v) is 6.36. The molecule has 0 radical (unpaired) electrons. The molecule has 0 aliphatic carbocycles. The highest BCUT2D eigenvalue weighted by Gasteiger charge is 2.32. The van der Waals surface area contributed by atoms with E-state index in [-0.39, 0.29) is 6.04 Å². The molecule has 0 unspecified atom stereocenters. The Labute approximate surface area is 135 Å². The van der Waals surface area contributed by atoms with Crippen molar-refractivity contribution in [3.05, 3.63) is 34.0 Å². The lowest BCUT2D eigenvalue weighted by molar-refractivity contribution is 0.349. The number of aryl methyl sites for hydroxylation is 1. The van der Waals surface area contributed by atoms with Gasteiger partial charge in [-0.3, -0.25) is 0 Å². The fourth-order valence-electron chi connectivity index (χ4n) is 3.59. The number of rotatable bonds is 4. The lowest BCUT2D eigenvalue weighted by Gasteiger charge is -2.18. The van der Waals surface area contributed by atoms with Crippen LogP contribution < -0.4 is 15.2 Å². The van der Waals surface area contributed by atoms with Crippen molar-refractivity contribution < 1.29 is 14.0 Å². The molecule has 23 heavy (non-hydrogen) atoms. The molecule has 0 saturated carbocycles. The van der Waals surface area contributed by atoms with E-state index in [2.05, 4.69) is 10.1 Å². The van der Waals surface area contributed by atoms with Crippen molar-refractivity contribution >= 4 is 0 Å². The van der Waals surface area contributed by atoms with Gasteiger partial charge in [0.05, 0.1) is 19.6 Å². The van der Waals surface area contributed by atoms with Crippen molar-refractivity contribution in [2.45, 2.75) is 45.6 Å². The van der Waals surface area contributed by atoms with Crippen molar-refractivity contribution in [1.29, 1.82) is 0 Å². The molecule has 2 aliphatic heterocycles. The molecule has 6 nitrogen and oxygen atoms in total. The predicted molar refractivity (Wildman–Crippen MR) is 84.0 cm³/mol.